The van der Waals surface area contributed by atoms with E-state index in [0.29, 0.717) is 0 Å². The summed E-state index contributed by atoms with van der Waals surface area (Å²) < 4.78 is 0. The zero-order valence-electron chi connectivity index (χ0n) is 9.54. The predicted octanol–water partition coefficient (Wildman–Crippen LogP) is 2.22. The van der Waals surface area contributed by atoms with E-state index in [0.717, 1.165) is 24.5 Å². The molecule has 0 heterocycles. The van der Waals surface area contributed by atoms with Crippen LogP contribution in [0.4, 0.5) is 0 Å². The normalized spacial score (nSPS) is 20.1. The minimum atomic E-state index is -0.877. The molecule has 1 aliphatic rings. The van der Waals surface area contributed by atoms with Crippen LogP contribution in [0.1, 0.15) is 51.9 Å². The third kappa shape index (κ3) is 4.92. The monoisotopic (exact) mass is 229 g/mol. The number of carboxylic acid groups (broad SMARTS) is 1. The van der Waals surface area contributed by atoms with Crippen molar-refractivity contribution in [3.05, 3.63) is 0 Å². The fourth-order valence-electron chi connectivity index (χ4n) is 2.14. The molecule has 0 aromatic heterocycles. The highest BCUT2D eigenvalue weighted by molar-refractivity contribution is 8.00. The van der Waals surface area contributed by atoms with Gasteiger partial charge in [0.15, 0.2) is 0 Å². The average Bonchev–Trinajstić information content (AvgIpc) is 2.25. The van der Waals surface area contributed by atoms with Gasteiger partial charge in [-0.3, -0.25) is 0 Å². The summed E-state index contributed by atoms with van der Waals surface area (Å²) in [6.07, 6.45) is 8.28. The van der Waals surface area contributed by atoms with Crippen molar-refractivity contribution in [3.63, 3.8) is 0 Å². The number of carbonyl (C=O) groups excluding carboxylic acids is 1. The Morgan fingerprint density at radius 2 is 2.07 bits per heavy atom. The van der Waals surface area contributed by atoms with Crippen LogP contribution in [-0.4, -0.2) is 17.0 Å². The van der Waals surface area contributed by atoms with E-state index in [1.807, 2.05) is 6.92 Å². The van der Waals surface area contributed by atoms with Crippen molar-refractivity contribution in [2.45, 2.75) is 57.1 Å². The Hall–Kier alpha value is -0.180. The van der Waals surface area contributed by atoms with E-state index >= 15 is 0 Å². The number of carbonyl (C=O) groups is 1. The predicted molar refractivity (Wildman–Crippen MR) is 62.7 cm³/mol. The van der Waals surface area contributed by atoms with Gasteiger partial charge in [-0.15, -0.1) is 0 Å². The first kappa shape index (κ1) is 12.9. The first-order valence-corrected chi connectivity index (χ1v) is 7.11. The lowest BCUT2D eigenvalue weighted by atomic mass is 9.91. The average molecular weight is 229 g/mol. The topological polar surface area (TPSA) is 40.1 Å². The lowest BCUT2D eigenvalue weighted by Gasteiger charge is -2.24. The smallest absolute Gasteiger partial charge is 0.0544 e. The zero-order chi connectivity index (χ0) is 11.1. The highest BCUT2D eigenvalue weighted by atomic mass is 32.2. The van der Waals surface area contributed by atoms with E-state index in [9.17, 15) is 9.90 Å². The van der Waals surface area contributed by atoms with Crippen LogP contribution in [0.2, 0.25) is 0 Å². The number of thioether (sulfide) groups is 1. The van der Waals surface area contributed by atoms with Gasteiger partial charge < -0.3 is 9.90 Å². The van der Waals surface area contributed by atoms with Gasteiger partial charge in [-0.05, 0) is 30.9 Å². The lowest BCUT2D eigenvalue weighted by Crippen LogP contribution is -2.34. The summed E-state index contributed by atoms with van der Waals surface area (Å²) >= 11 is 1.60. The molecule has 3 heteroatoms. The standard InChI is InChI=1S/C12H22O2S/c1-2-6-11(12(13)14)15-9-10-7-4-3-5-8-10/h10-11H,2-9H2,1H3,(H,13,14)/p-1. The van der Waals surface area contributed by atoms with Crippen molar-refractivity contribution in [1.29, 1.82) is 0 Å². The summed E-state index contributed by atoms with van der Waals surface area (Å²) in [5, 5.41) is 10.5. The second kappa shape index (κ2) is 7.15. The Labute approximate surface area is 96.8 Å². The zero-order valence-corrected chi connectivity index (χ0v) is 10.4. The number of rotatable bonds is 6. The highest BCUT2D eigenvalue weighted by Crippen LogP contribution is 2.29. The van der Waals surface area contributed by atoms with E-state index in [-0.39, 0.29) is 5.25 Å². The van der Waals surface area contributed by atoms with Crippen LogP contribution < -0.4 is 5.11 Å². The van der Waals surface area contributed by atoms with Crippen molar-refractivity contribution in [3.8, 4) is 0 Å². The molecule has 0 radical (unpaired) electrons. The van der Waals surface area contributed by atoms with Crippen molar-refractivity contribution >= 4 is 17.7 Å². The third-order valence-electron chi connectivity index (χ3n) is 3.07. The van der Waals surface area contributed by atoms with Crippen molar-refractivity contribution in [2.24, 2.45) is 5.92 Å². The quantitative estimate of drug-likeness (QED) is 0.701. The molecule has 0 N–H and O–H groups in total. The minimum absolute atomic E-state index is 0.281. The summed E-state index contributed by atoms with van der Waals surface area (Å²) in [4.78, 5) is 10.8. The molecule has 1 fully saturated rings. The van der Waals surface area contributed by atoms with Crippen LogP contribution in [0.3, 0.4) is 0 Å². The highest BCUT2D eigenvalue weighted by Gasteiger charge is 2.16. The fraction of sp³-hybridized carbons (Fsp3) is 0.917. The Bertz CT molecular complexity index is 188. The maximum atomic E-state index is 10.8. The van der Waals surface area contributed by atoms with Gasteiger partial charge in [-0.2, -0.15) is 11.8 Å². The molecule has 1 atom stereocenters. The Kier molecular flexibility index (Phi) is 6.15. The minimum Gasteiger partial charge on any atom is -0.549 e. The molecular weight excluding hydrogens is 208 g/mol. The summed E-state index contributed by atoms with van der Waals surface area (Å²) in [6.45, 7) is 2.02. The van der Waals surface area contributed by atoms with Gasteiger partial charge in [0.2, 0.25) is 0 Å². The van der Waals surface area contributed by atoms with Gasteiger partial charge in [0.1, 0.15) is 0 Å². The van der Waals surface area contributed by atoms with Crippen LogP contribution in [0.25, 0.3) is 0 Å². The van der Waals surface area contributed by atoms with Gasteiger partial charge in [0, 0.05) is 5.25 Å². The fourth-order valence-corrected chi connectivity index (χ4v) is 3.51. The van der Waals surface area contributed by atoms with Gasteiger partial charge in [-0.1, -0.05) is 32.6 Å². The first-order valence-electron chi connectivity index (χ1n) is 6.06. The molecule has 1 unspecified atom stereocenters. The second-order valence-electron chi connectivity index (χ2n) is 4.43. The number of hydrogen-bond donors (Lipinski definition) is 0. The van der Waals surface area contributed by atoms with Crippen LogP contribution in [-0.2, 0) is 4.79 Å². The van der Waals surface area contributed by atoms with Crippen LogP contribution in [0.5, 0.6) is 0 Å². The van der Waals surface area contributed by atoms with E-state index in [1.54, 1.807) is 11.8 Å². The molecule has 1 saturated carbocycles. The number of hydrogen-bond acceptors (Lipinski definition) is 3. The third-order valence-corrected chi connectivity index (χ3v) is 4.57. The molecule has 0 aliphatic heterocycles. The summed E-state index contributed by atoms with van der Waals surface area (Å²) in [5.41, 5.74) is 0. The Balaban J connectivity index is 2.22. The first-order chi connectivity index (χ1) is 7.24. The Morgan fingerprint density at radius 3 is 2.60 bits per heavy atom. The molecule has 15 heavy (non-hydrogen) atoms. The SMILES string of the molecule is CCCC(SCC1CCCCC1)C(=O)[O-]. The molecule has 0 amide bonds. The van der Waals surface area contributed by atoms with Crippen molar-refractivity contribution in [2.75, 3.05) is 5.75 Å². The Morgan fingerprint density at radius 1 is 1.40 bits per heavy atom. The van der Waals surface area contributed by atoms with E-state index in [4.69, 9.17) is 0 Å². The molecule has 0 saturated heterocycles. The van der Waals surface area contributed by atoms with E-state index < -0.39 is 5.97 Å². The maximum absolute atomic E-state index is 10.8. The maximum Gasteiger partial charge on any atom is 0.0544 e. The molecule has 1 rings (SSSR count). The van der Waals surface area contributed by atoms with Crippen molar-refractivity contribution in [1.82, 2.24) is 0 Å². The van der Waals surface area contributed by atoms with E-state index in [2.05, 4.69) is 0 Å². The summed E-state index contributed by atoms with van der Waals surface area (Å²) in [6, 6.07) is 0. The molecule has 0 bridgehead atoms. The van der Waals surface area contributed by atoms with Gasteiger partial charge >= 0.3 is 0 Å². The second-order valence-corrected chi connectivity index (χ2v) is 5.67. The van der Waals surface area contributed by atoms with Crippen molar-refractivity contribution < 1.29 is 9.90 Å². The molecule has 88 valence electrons. The number of carboxylic acids is 1. The number of aliphatic carboxylic acids is 1. The molecular formula is C12H21O2S-. The van der Waals surface area contributed by atoms with Crippen LogP contribution in [0.15, 0.2) is 0 Å². The molecule has 1 aliphatic carbocycles. The van der Waals surface area contributed by atoms with E-state index in [1.165, 1.54) is 32.1 Å². The molecule has 2 nitrogen and oxygen atoms in total. The molecule has 0 aromatic rings. The van der Waals surface area contributed by atoms with Gasteiger partial charge in [-0.25, -0.2) is 0 Å². The van der Waals surface area contributed by atoms with Gasteiger partial charge in [0.25, 0.3) is 0 Å². The summed E-state index contributed by atoms with van der Waals surface area (Å²) in [5.74, 6) is 0.888. The lowest BCUT2D eigenvalue weighted by molar-refractivity contribution is -0.304. The largest absolute Gasteiger partial charge is 0.549 e. The molecule has 0 aromatic carbocycles. The van der Waals surface area contributed by atoms with Crippen LogP contribution >= 0.6 is 11.8 Å². The van der Waals surface area contributed by atoms with Crippen LogP contribution in [0, 0.1) is 5.92 Å². The molecule has 0 spiro atoms. The van der Waals surface area contributed by atoms with Gasteiger partial charge in [0.05, 0.1) is 5.97 Å². The summed E-state index contributed by atoms with van der Waals surface area (Å²) in [7, 11) is 0.